The van der Waals surface area contributed by atoms with E-state index < -0.39 is 5.54 Å². The summed E-state index contributed by atoms with van der Waals surface area (Å²) in [6.45, 7) is 3.84. The summed E-state index contributed by atoms with van der Waals surface area (Å²) in [5, 5.41) is 3.91. The lowest BCUT2D eigenvalue weighted by molar-refractivity contribution is -0.144. The van der Waals surface area contributed by atoms with Crippen LogP contribution >= 0.6 is 0 Å². The van der Waals surface area contributed by atoms with Crippen LogP contribution in [0.2, 0.25) is 0 Å². The third-order valence-electron chi connectivity index (χ3n) is 2.04. The van der Waals surface area contributed by atoms with Gasteiger partial charge in [0, 0.05) is 7.05 Å². The molecule has 15 heavy (non-hydrogen) atoms. The average Bonchev–Trinajstić information content (AvgIpc) is 2.51. The summed E-state index contributed by atoms with van der Waals surface area (Å²) in [5.41, 5.74) is 5.14. The number of rotatable bonds is 4. The number of carbonyl (C=O) groups excluding carboxylic acids is 1. The number of nitrogens with two attached hydrogens (primary N) is 1. The van der Waals surface area contributed by atoms with E-state index in [-0.39, 0.29) is 12.4 Å². The van der Waals surface area contributed by atoms with Crippen molar-refractivity contribution in [2.45, 2.75) is 25.8 Å². The van der Waals surface area contributed by atoms with Crippen molar-refractivity contribution in [3.63, 3.8) is 0 Å². The van der Waals surface area contributed by atoms with E-state index in [1.165, 1.54) is 6.33 Å². The van der Waals surface area contributed by atoms with Crippen molar-refractivity contribution in [3.05, 3.63) is 12.2 Å². The normalized spacial score (nSPS) is 14.7. The van der Waals surface area contributed by atoms with E-state index in [2.05, 4.69) is 10.1 Å². The zero-order chi connectivity index (χ0) is 11.5. The number of carbonyl (C=O) groups is 1. The molecule has 0 bridgehead atoms. The van der Waals surface area contributed by atoms with Crippen LogP contribution in [0.3, 0.4) is 0 Å². The van der Waals surface area contributed by atoms with Crippen molar-refractivity contribution < 1.29 is 9.53 Å². The highest BCUT2D eigenvalue weighted by Crippen LogP contribution is 2.18. The molecule has 0 radical (unpaired) electrons. The van der Waals surface area contributed by atoms with Crippen LogP contribution in [0.15, 0.2) is 6.33 Å². The minimum atomic E-state index is -0.850. The van der Waals surface area contributed by atoms with Gasteiger partial charge in [0.1, 0.15) is 12.2 Å². The Kier molecular flexibility index (Phi) is 3.41. The fraction of sp³-hybridized carbons (Fsp3) is 0.667. The van der Waals surface area contributed by atoms with Crippen LogP contribution in [0.1, 0.15) is 26.1 Å². The lowest BCUT2D eigenvalue weighted by Gasteiger charge is -2.21. The average molecular weight is 212 g/mol. The molecule has 0 saturated heterocycles. The van der Waals surface area contributed by atoms with Crippen LogP contribution in [0.25, 0.3) is 0 Å². The SMILES string of the molecule is CCOC(=O)C[C@](C)(N)c1ncnn1C. The number of aryl methyl sites for hydroxylation is 1. The highest BCUT2D eigenvalue weighted by atomic mass is 16.5. The molecule has 0 spiro atoms. The van der Waals surface area contributed by atoms with Crippen molar-refractivity contribution >= 4 is 5.97 Å². The summed E-state index contributed by atoms with van der Waals surface area (Å²) in [6, 6.07) is 0. The van der Waals surface area contributed by atoms with Crippen molar-refractivity contribution in [2.75, 3.05) is 6.61 Å². The van der Waals surface area contributed by atoms with E-state index in [1.54, 1.807) is 25.6 Å². The molecular weight excluding hydrogens is 196 g/mol. The zero-order valence-corrected chi connectivity index (χ0v) is 9.23. The molecule has 1 heterocycles. The first-order valence-corrected chi connectivity index (χ1v) is 4.76. The van der Waals surface area contributed by atoms with Crippen LogP contribution in [0.4, 0.5) is 0 Å². The first kappa shape index (κ1) is 11.6. The maximum Gasteiger partial charge on any atom is 0.308 e. The molecule has 1 rings (SSSR count). The van der Waals surface area contributed by atoms with E-state index >= 15 is 0 Å². The summed E-state index contributed by atoms with van der Waals surface area (Å²) in [6.07, 6.45) is 1.50. The maximum absolute atomic E-state index is 11.3. The lowest BCUT2D eigenvalue weighted by atomic mass is 9.98. The van der Waals surface area contributed by atoms with Gasteiger partial charge < -0.3 is 10.5 Å². The maximum atomic E-state index is 11.3. The predicted octanol–water partition coefficient (Wildman–Crippen LogP) is -0.0578. The molecular formula is C9H16N4O2. The monoisotopic (exact) mass is 212 g/mol. The number of ether oxygens (including phenoxy) is 1. The lowest BCUT2D eigenvalue weighted by Crippen LogP contribution is -2.38. The molecule has 1 aromatic rings. The van der Waals surface area contributed by atoms with E-state index in [0.29, 0.717) is 12.4 Å². The molecule has 0 aliphatic rings. The van der Waals surface area contributed by atoms with Crippen LogP contribution < -0.4 is 5.73 Å². The number of nitrogens with zero attached hydrogens (tertiary/aromatic N) is 3. The van der Waals surface area contributed by atoms with E-state index in [4.69, 9.17) is 10.5 Å². The Labute approximate surface area is 88.4 Å². The Bertz CT molecular complexity index is 346. The molecule has 0 aliphatic carbocycles. The largest absolute Gasteiger partial charge is 0.466 e. The minimum Gasteiger partial charge on any atom is -0.466 e. The fourth-order valence-electron chi connectivity index (χ4n) is 1.40. The van der Waals surface area contributed by atoms with Gasteiger partial charge in [-0.1, -0.05) is 0 Å². The second-order valence-corrected chi connectivity index (χ2v) is 3.61. The van der Waals surface area contributed by atoms with Gasteiger partial charge in [-0.2, -0.15) is 5.10 Å². The number of aromatic nitrogens is 3. The molecule has 0 aromatic carbocycles. The second kappa shape index (κ2) is 4.39. The molecule has 0 amide bonds. The van der Waals surface area contributed by atoms with Crippen LogP contribution in [-0.2, 0) is 22.1 Å². The Morgan fingerprint density at radius 2 is 2.40 bits per heavy atom. The van der Waals surface area contributed by atoms with Gasteiger partial charge in [0.15, 0.2) is 0 Å². The van der Waals surface area contributed by atoms with Gasteiger partial charge in [0.25, 0.3) is 0 Å². The summed E-state index contributed by atoms with van der Waals surface area (Å²) in [4.78, 5) is 15.3. The number of esters is 1. The molecule has 84 valence electrons. The third kappa shape index (κ3) is 2.76. The van der Waals surface area contributed by atoms with Crippen molar-refractivity contribution in [1.82, 2.24) is 14.8 Å². The Hall–Kier alpha value is -1.43. The molecule has 1 aromatic heterocycles. The molecule has 0 fully saturated rings. The topological polar surface area (TPSA) is 83.0 Å². The van der Waals surface area contributed by atoms with E-state index in [0.717, 1.165) is 0 Å². The predicted molar refractivity (Wildman–Crippen MR) is 53.8 cm³/mol. The summed E-state index contributed by atoms with van der Waals surface area (Å²) in [5.74, 6) is 0.237. The van der Waals surface area contributed by atoms with Crippen LogP contribution in [0.5, 0.6) is 0 Å². The van der Waals surface area contributed by atoms with Gasteiger partial charge in [-0.15, -0.1) is 0 Å². The van der Waals surface area contributed by atoms with Crippen molar-refractivity contribution in [3.8, 4) is 0 Å². The van der Waals surface area contributed by atoms with Gasteiger partial charge >= 0.3 is 5.97 Å². The first-order chi connectivity index (χ1) is 6.97. The molecule has 1 atom stereocenters. The highest BCUT2D eigenvalue weighted by Gasteiger charge is 2.29. The van der Waals surface area contributed by atoms with E-state index in [1.807, 2.05) is 0 Å². The summed E-state index contributed by atoms with van der Waals surface area (Å²) >= 11 is 0. The molecule has 0 aliphatic heterocycles. The summed E-state index contributed by atoms with van der Waals surface area (Å²) in [7, 11) is 1.73. The van der Waals surface area contributed by atoms with Crippen LogP contribution in [0, 0.1) is 0 Å². The zero-order valence-electron chi connectivity index (χ0n) is 9.23. The smallest absolute Gasteiger partial charge is 0.308 e. The molecule has 6 heteroatoms. The van der Waals surface area contributed by atoms with Crippen molar-refractivity contribution in [2.24, 2.45) is 12.8 Å². The summed E-state index contributed by atoms with van der Waals surface area (Å²) < 4.78 is 6.39. The third-order valence-corrected chi connectivity index (χ3v) is 2.04. The van der Waals surface area contributed by atoms with Gasteiger partial charge in [-0.25, -0.2) is 4.98 Å². The number of hydrogen-bond acceptors (Lipinski definition) is 5. The van der Waals surface area contributed by atoms with E-state index in [9.17, 15) is 4.79 Å². The van der Waals surface area contributed by atoms with Gasteiger partial charge in [0.2, 0.25) is 0 Å². The fourth-order valence-corrected chi connectivity index (χ4v) is 1.40. The molecule has 0 unspecified atom stereocenters. The molecule has 0 saturated carbocycles. The molecule has 2 N–H and O–H groups in total. The Balaban J connectivity index is 2.75. The minimum absolute atomic E-state index is 0.0906. The van der Waals surface area contributed by atoms with Gasteiger partial charge in [-0.05, 0) is 13.8 Å². The van der Waals surface area contributed by atoms with Gasteiger partial charge in [0.05, 0.1) is 18.6 Å². The van der Waals surface area contributed by atoms with Crippen LogP contribution in [-0.4, -0.2) is 27.3 Å². The molecule has 6 nitrogen and oxygen atoms in total. The Morgan fingerprint density at radius 1 is 1.73 bits per heavy atom. The van der Waals surface area contributed by atoms with Gasteiger partial charge in [-0.3, -0.25) is 9.48 Å². The van der Waals surface area contributed by atoms with Crippen molar-refractivity contribution in [1.29, 1.82) is 0 Å². The quantitative estimate of drug-likeness (QED) is 0.707. The number of hydrogen-bond donors (Lipinski definition) is 1. The first-order valence-electron chi connectivity index (χ1n) is 4.76. The second-order valence-electron chi connectivity index (χ2n) is 3.61. The highest BCUT2D eigenvalue weighted by molar-refractivity contribution is 5.70. The standard InChI is InChI=1S/C9H16N4O2/c1-4-15-7(14)5-9(2,10)8-11-6-12-13(8)3/h6H,4-5,10H2,1-3H3/t9-/m0/s1. The Morgan fingerprint density at radius 3 is 2.87 bits per heavy atom.